The summed E-state index contributed by atoms with van der Waals surface area (Å²) >= 11 is 0. The van der Waals surface area contributed by atoms with E-state index in [9.17, 15) is 53.8 Å². The van der Waals surface area contributed by atoms with E-state index >= 15 is 0 Å². The van der Waals surface area contributed by atoms with Gasteiger partial charge in [-0.25, -0.2) is 4.18 Å². The van der Waals surface area contributed by atoms with Crippen LogP contribution in [0.1, 0.15) is 188 Å². The van der Waals surface area contributed by atoms with E-state index in [1.165, 1.54) is 122 Å². The summed E-state index contributed by atoms with van der Waals surface area (Å²) in [6, 6.07) is 0. The van der Waals surface area contributed by atoms with Gasteiger partial charge in [-0.1, -0.05) is 168 Å². The van der Waals surface area contributed by atoms with E-state index in [-0.39, 0.29) is 12.5 Å². The van der Waals surface area contributed by atoms with Crippen molar-refractivity contribution in [2.24, 2.45) is 5.92 Å². The molecule has 0 aromatic heterocycles. The van der Waals surface area contributed by atoms with Crippen LogP contribution in [-0.2, 0) is 43.0 Å². The van der Waals surface area contributed by atoms with Gasteiger partial charge in [0.15, 0.2) is 18.9 Å². The maximum absolute atomic E-state index is 11.9. The summed E-state index contributed by atoms with van der Waals surface area (Å²) in [5, 5.41) is 86.2. The number of unbranched alkanes of at least 4 members (excludes halogenated alkanes) is 22. The molecular formula is C48H92O18S. The molecule has 0 aromatic carbocycles. The standard InChI is InChI=1S/C48H92O18S/c1-4-6-8-10-12-14-16-18-20-22-24-26-28-34(29-27-25-23-21-19-17-15-13-11-9-7-5-2)32-60-46-42(56)45(65-47-40(54)38(52)37(51)33(3)61-47)44(36(31-50)62-46)64-48-41(55)39(53)43(35(30-49)63-48)66-67(57,58)59/h33-56H,4-32H2,1-3H3,(H,57,58,59)/t33-,35+,36+,37+,38+,39+,40-,41+,42+,43-,44+,45+,46+,47-,48-/m0/s1. The van der Waals surface area contributed by atoms with E-state index in [0.29, 0.717) is 0 Å². The second-order valence-corrected chi connectivity index (χ2v) is 20.4. The number of rotatable bonds is 37. The fourth-order valence-electron chi connectivity index (χ4n) is 9.45. The topological polar surface area (TPSA) is 281 Å². The molecule has 15 atom stereocenters. The Bertz CT molecular complexity index is 1320. The fraction of sp³-hybridized carbons (Fsp3) is 1.00. The average molecular weight is 989 g/mol. The van der Waals surface area contributed by atoms with Crippen LogP contribution in [0.3, 0.4) is 0 Å². The molecule has 3 aliphatic rings. The van der Waals surface area contributed by atoms with Crippen molar-refractivity contribution in [3.8, 4) is 0 Å². The number of aliphatic hydroxyl groups is 8. The highest BCUT2D eigenvalue weighted by Gasteiger charge is 2.55. The number of hydrogen-bond acceptors (Lipinski definition) is 17. The highest BCUT2D eigenvalue weighted by Crippen LogP contribution is 2.35. The molecule has 3 fully saturated rings. The van der Waals surface area contributed by atoms with Gasteiger partial charge in [-0.15, -0.1) is 0 Å². The smallest absolute Gasteiger partial charge is 0.394 e. The molecule has 0 aromatic rings. The van der Waals surface area contributed by atoms with Crippen molar-refractivity contribution in [3.05, 3.63) is 0 Å². The Morgan fingerprint density at radius 2 is 0.851 bits per heavy atom. The largest absolute Gasteiger partial charge is 0.397 e. The monoisotopic (exact) mass is 989 g/mol. The van der Waals surface area contributed by atoms with Gasteiger partial charge in [0.25, 0.3) is 0 Å². The highest BCUT2D eigenvalue weighted by molar-refractivity contribution is 7.80. The first-order valence-electron chi connectivity index (χ1n) is 26.0. The van der Waals surface area contributed by atoms with Gasteiger partial charge in [0.1, 0.15) is 67.1 Å². The van der Waals surface area contributed by atoms with E-state index in [0.717, 1.165) is 51.4 Å². The van der Waals surface area contributed by atoms with Crippen LogP contribution in [0.2, 0.25) is 0 Å². The summed E-state index contributed by atoms with van der Waals surface area (Å²) in [7, 11) is -5.18. The molecular weight excluding hydrogens is 897 g/mol. The first-order valence-corrected chi connectivity index (χ1v) is 27.4. The molecule has 0 aliphatic carbocycles. The summed E-state index contributed by atoms with van der Waals surface area (Å²) in [5.74, 6) is 0.129. The zero-order valence-electron chi connectivity index (χ0n) is 40.9. The first kappa shape index (κ1) is 60.6. The Balaban J connectivity index is 1.69. The van der Waals surface area contributed by atoms with Gasteiger partial charge in [-0.2, -0.15) is 8.42 Å². The first-order chi connectivity index (χ1) is 32.2. The average Bonchev–Trinajstić information content (AvgIpc) is 3.30. The van der Waals surface area contributed by atoms with E-state index in [2.05, 4.69) is 18.0 Å². The minimum absolute atomic E-state index is 0.129. The van der Waals surface area contributed by atoms with Crippen LogP contribution >= 0.6 is 0 Å². The number of ether oxygens (including phenoxy) is 6. The van der Waals surface area contributed by atoms with E-state index in [1.54, 1.807) is 0 Å². The predicted molar refractivity (Wildman–Crippen MR) is 249 cm³/mol. The van der Waals surface area contributed by atoms with Gasteiger partial charge in [-0.05, 0) is 25.7 Å². The zero-order valence-corrected chi connectivity index (χ0v) is 41.7. The van der Waals surface area contributed by atoms with Gasteiger partial charge >= 0.3 is 10.4 Å². The molecule has 9 N–H and O–H groups in total. The molecule has 398 valence electrons. The molecule has 3 aliphatic heterocycles. The third kappa shape index (κ3) is 21.9. The Morgan fingerprint density at radius 1 is 0.463 bits per heavy atom. The summed E-state index contributed by atoms with van der Waals surface area (Å²) < 4.78 is 72.4. The fourth-order valence-corrected chi connectivity index (χ4v) is 9.97. The Labute approximate surface area is 401 Å². The number of aliphatic hydroxyl groups excluding tert-OH is 8. The molecule has 67 heavy (non-hydrogen) atoms. The quantitative estimate of drug-likeness (QED) is 0.0289. The Hall–Kier alpha value is -0.690. The van der Waals surface area contributed by atoms with Crippen LogP contribution in [0.5, 0.6) is 0 Å². The van der Waals surface area contributed by atoms with Crippen LogP contribution in [-0.4, -0.2) is 166 Å². The molecule has 0 spiro atoms. The van der Waals surface area contributed by atoms with Crippen LogP contribution in [0.25, 0.3) is 0 Å². The van der Waals surface area contributed by atoms with Crippen LogP contribution in [0.15, 0.2) is 0 Å². The minimum Gasteiger partial charge on any atom is -0.394 e. The molecule has 3 saturated heterocycles. The molecule has 3 heterocycles. The number of hydrogen-bond donors (Lipinski definition) is 9. The van der Waals surface area contributed by atoms with Gasteiger partial charge in [0.05, 0.1) is 25.9 Å². The second-order valence-electron chi connectivity index (χ2n) is 19.3. The van der Waals surface area contributed by atoms with Crippen molar-refractivity contribution in [2.75, 3.05) is 19.8 Å². The van der Waals surface area contributed by atoms with E-state index in [1.807, 2.05) is 0 Å². The zero-order chi connectivity index (χ0) is 49.2. The molecule has 0 amide bonds. The maximum Gasteiger partial charge on any atom is 0.397 e. The molecule has 0 radical (unpaired) electrons. The molecule has 18 nitrogen and oxygen atoms in total. The van der Waals surface area contributed by atoms with Gasteiger partial charge in [-0.3, -0.25) is 4.55 Å². The van der Waals surface area contributed by atoms with Crippen LogP contribution in [0, 0.1) is 5.92 Å². The van der Waals surface area contributed by atoms with Gasteiger partial charge in [0, 0.05) is 0 Å². The van der Waals surface area contributed by atoms with E-state index in [4.69, 9.17) is 28.4 Å². The van der Waals surface area contributed by atoms with Crippen molar-refractivity contribution in [1.29, 1.82) is 0 Å². The molecule has 19 heteroatoms. The summed E-state index contributed by atoms with van der Waals surface area (Å²) in [4.78, 5) is 0. The third-order valence-electron chi connectivity index (χ3n) is 13.7. The Morgan fingerprint density at radius 3 is 1.30 bits per heavy atom. The van der Waals surface area contributed by atoms with Crippen molar-refractivity contribution < 1.29 is 86.4 Å². The van der Waals surface area contributed by atoms with Crippen molar-refractivity contribution in [2.45, 2.75) is 280 Å². The lowest BCUT2D eigenvalue weighted by Gasteiger charge is -2.49. The van der Waals surface area contributed by atoms with E-state index < -0.39 is 116 Å². The molecule has 0 bridgehead atoms. The lowest BCUT2D eigenvalue weighted by molar-refractivity contribution is -0.385. The maximum atomic E-state index is 11.9. The molecule has 0 saturated carbocycles. The van der Waals surface area contributed by atoms with Crippen molar-refractivity contribution >= 4 is 10.4 Å². The van der Waals surface area contributed by atoms with Gasteiger partial charge in [0.2, 0.25) is 0 Å². The third-order valence-corrected chi connectivity index (χ3v) is 14.1. The predicted octanol–water partition coefficient (Wildman–Crippen LogP) is 5.10. The molecule has 3 rings (SSSR count). The second kappa shape index (κ2) is 33.9. The normalized spacial score (nSPS) is 32.9. The minimum atomic E-state index is -5.18. The van der Waals surface area contributed by atoms with Crippen LogP contribution < -0.4 is 0 Å². The lowest BCUT2D eigenvalue weighted by Crippen LogP contribution is -2.67. The lowest BCUT2D eigenvalue weighted by atomic mass is 9.94. The van der Waals surface area contributed by atoms with Gasteiger partial charge < -0.3 is 69.3 Å². The molecule has 0 unspecified atom stereocenters. The Kier molecular flexibility index (Phi) is 30.6. The summed E-state index contributed by atoms with van der Waals surface area (Å²) in [6.45, 7) is 4.38. The summed E-state index contributed by atoms with van der Waals surface area (Å²) in [6.07, 6.45) is 6.32. The summed E-state index contributed by atoms with van der Waals surface area (Å²) in [5.41, 5.74) is 0. The van der Waals surface area contributed by atoms with Crippen molar-refractivity contribution in [1.82, 2.24) is 0 Å². The van der Waals surface area contributed by atoms with Crippen LogP contribution in [0.4, 0.5) is 0 Å². The highest BCUT2D eigenvalue weighted by atomic mass is 32.3. The SMILES string of the molecule is CCCCCCCCCCCCCCC(CCCCCCCCCCCCCC)CO[C@@H]1O[C@H](CO)[C@@H](O[C@@H]2O[C@H](CO)[C@H](OS(=O)(=O)O)[C@H](O)[C@H]2O)[C@H](O[C@@H]2O[C@@H](C)[C@@H](O)[C@@H](O)[C@@H]2O)[C@H]1O. The van der Waals surface area contributed by atoms with Crippen molar-refractivity contribution in [3.63, 3.8) is 0 Å².